The Morgan fingerprint density at radius 1 is 0.741 bits per heavy atom. The molecule has 3 aromatic rings. The molecule has 0 unspecified atom stereocenters. The second kappa shape index (κ2) is 8.85. The fourth-order valence-electron chi connectivity index (χ4n) is 3.13. The minimum atomic E-state index is -1.12. The predicted molar refractivity (Wildman–Crippen MR) is 103 cm³/mol. The van der Waals surface area contributed by atoms with Crippen LogP contribution in [0.5, 0.6) is 0 Å². The van der Waals surface area contributed by atoms with E-state index in [-0.39, 0.29) is 5.82 Å². The Labute approximate surface area is 157 Å². The summed E-state index contributed by atoms with van der Waals surface area (Å²) in [6, 6.07) is 13.5. The Morgan fingerprint density at radius 2 is 1.48 bits per heavy atom. The Balaban J connectivity index is 1.75. The number of pyridine rings is 1. The smallest absolute Gasteiger partial charge is 0.225 e. The van der Waals surface area contributed by atoms with Gasteiger partial charge in [0.2, 0.25) is 5.95 Å². The van der Waals surface area contributed by atoms with Gasteiger partial charge in [0.15, 0.2) is 5.82 Å². The van der Waals surface area contributed by atoms with Crippen molar-refractivity contribution in [3.63, 3.8) is 0 Å². The largest absolute Gasteiger partial charge is 0.248 e. The number of halogens is 3. The van der Waals surface area contributed by atoms with Crippen LogP contribution in [0.25, 0.3) is 22.3 Å². The minimum Gasteiger partial charge on any atom is -0.225 e. The first-order valence-electron chi connectivity index (χ1n) is 9.28. The normalized spacial score (nSPS) is 11.0. The van der Waals surface area contributed by atoms with Crippen LogP contribution in [0.15, 0.2) is 54.7 Å². The van der Waals surface area contributed by atoms with Crippen molar-refractivity contribution in [3.05, 3.63) is 77.9 Å². The van der Waals surface area contributed by atoms with E-state index in [4.69, 9.17) is 0 Å². The van der Waals surface area contributed by atoms with Crippen molar-refractivity contribution in [1.29, 1.82) is 0 Å². The van der Waals surface area contributed by atoms with E-state index in [1.54, 1.807) is 36.4 Å². The number of hydrogen-bond donors (Lipinski definition) is 0. The van der Waals surface area contributed by atoms with Crippen LogP contribution in [0, 0.1) is 17.6 Å². The van der Waals surface area contributed by atoms with Crippen LogP contribution in [0.4, 0.5) is 13.2 Å². The molecule has 0 aliphatic carbocycles. The highest BCUT2D eigenvalue weighted by Crippen LogP contribution is 2.28. The second-order valence-corrected chi connectivity index (χ2v) is 6.70. The summed E-state index contributed by atoms with van der Waals surface area (Å²) in [7, 11) is 0. The first-order valence-corrected chi connectivity index (χ1v) is 9.28. The van der Waals surface area contributed by atoms with Gasteiger partial charge in [-0.15, -0.1) is 0 Å². The van der Waals surface area contributed by atoms with Gasteiger partial charge in [0.1, 0.15) is 5.82 Å². The average Bonchev–Trinajstić information content (AvgIpc) is 2.68. The molecule has 0 bridgehead atoms. The number of benzene rings is 2. The summed E-state index contributed by atoms with van der Waals surface area (Å²) in [5.74, 6) is -2.35. The fraction of sp³-hybridized carbons (Fsp3) is 0.261. The van der Waals surface area contributed by atoms with Crippen molar-refractivity contribution in [2.45, 2.75) is 39.0 Å². The highest BCUT2D eigenvalue weighted by molar-refractivity contribution is 5.70. The lowest BCUT2D eigenvalue weighted by atomic mass is 9.98. The van der Waals surface area contributed by atoms with Crippen LogP contribution in [0.2, 0.25) is 0 Å². The lowest BCUT2D eigenvalue weighted by Gasteiger charge is -2.08. The van der Waals surface area contributed by atoms with Crippen LogP contribution in [0.3, 0.4) is 0 Å². The molecule has 0 amide bonds. The minimum absolute atomic E-state index is 0.245. The van der Waals surface area contributed by atoms with E-state index >= 15 is 0 Å². The third kappa shape index (κ3) is 4.76. The molecule has 0 aliphatic rings. The highest BCUT2D eigenvalue weighted by atomic mass is 19.2. The van der Waals surface area contributed by atoms with Gasteiger partial charge < -0.3 is 0 Å². The maximum atomic E-state index is 14.5. The van der Waals surface area contributed by atoms with Gasteiger partial charge in [-0.25, -0.2) is 13.8 Å². The first-order chi connectivity index (χ1) is 13.1. The summed E-state index contributed by atoms with van der Waals surface area (Å²) in [6.07, 6.45) is 6.80. The van der Waals surface area contributed by atoms with E-state index in [0.29, 0.717) is 16.7 Å². The molecule has 0 radical (unpaired) electrons. The highest BCUT2D eigenvalue weighted by Gasteiger charge is 2.09. The first kappa shape index (κ1) is 19.2. The number of unbranched alkanes of at least 4 members (excludes halogenated alkanes) is 3. The van der Waals surface area contributed by atoms with Crippen LogP contribution < -0.4 is 0 Å². The molecule has 27 heavy (non-hydrogen) atoms. The van der Waals surface area contributed by atoms with Gasteiger partial charge in [-0.2, -0.15) is 4.39 Å². The summed E-state index contributed by atoms with van der Waals surface area (Å²) in [6.45, 7) is 2.17. The summed E-state index contributed by atoms with van der Waals surface area (Å²) in [4.78, 5) is 3.39. The number of aromatic nitrogens is 1. The van der Waals surface area contributed by atoms with E-state index < -0.39 is 11.8 Å². The van der Waals surface area contributed by atoms with Crippen molar-refractivity contribution in [1.82, 2.24) is 4.98 Å². The number of rotatable bonds is 7. The molecule has 0 spiro atoms. The molecule has 0 saturated carbocycles. The molecule has 1 nitrogen and oxygen atoms in total. The number of aryl methyl sites for hydroxylation is 1. The summed E-state index contributed by atoms with van der Waals surface area (Å²) < 4.78 is 40.8. The van der Waals surface area contributed by atoms with E-state index in [2.05, 4.69) is 11.9 Å². The van der Waals surface area contributed by atoms with Gasteiger partial charge in [-0.1, -0.05) is 62.6 Å². The molecule has 1 aromatic heterocycles. The Kier molecular flexibility index (Phi) is 6.28. The standard InChI is InChI=1S/C23H22F3N/c1-2-3-4-5-6-16-7-12-20(21(24)13-16)18-10-8-17(9-11-18)19-14-22(25)23(26)27-15-19/h7-15H,2-6H2,1H3. The SMILES string of the molecule is CCCCCCc1ccc(-c2ccc(-c3cnc(F)c(F)c3)cc2)c(F)c1. The monoisotopic (exact) mass is 369 g/mol. The lowest BCUT2D eigenvalue weighted by molar-refractivity contribution is 0.480. The maximum Gasteiger partial charge on any atom is 0.248 e. The molecule has 0 saturated heterocycles. The Bertz CT molecular complexity index is 904. The van der Waals surface area contributed by atoms with Gasteiger partial charge in [0, 0.05) is 17.3 Å². The third-order valence-electron chi connectivity index (χ3n) is 4.68. The van der Waals surface area contributed by atoms with Crippen LogP contribution >= 0.6 is 0 Å². The molecule has 2 aromatic carbocycles. The quantitative estimate of drug-likeness (QED) is 0.324. The maximum absolute atomic E-state index is 14.5. The molecule has 0 aliphatic heterocycles. The van der Waals surface area contributed by atoms with Crippen molar-refractivity contribution in [2.24, 2.45) is 0 Å². The van der Waals surface area contributed by atoms with Crippen LogP contribution in [0.1, 0.15) is 38.2 Å². The predicted octanol–water partition coefficient (Wildman–Crippen LogP) is 6.96. The van der Waals surface area contributed by atoms with Gasteiger partial charge in [0.25, 0.3) is 0 Å². The number of nitrogens with zero attached hydrogens (tertiary/aromatic N) is 1. The number of hydrogen-bond acceptors (Lipinski definition) is 1. The molecule has 3 rings (SSSR count). The molecule has 0 fully saturated rings. The van der Waals surface area contributed by atoms with Gasteiger partial charge in [0.05, 0.1) is 0 Å². The molecule has 1 heterocycles. The fourth-order valence-corrected chi connectivity index (χ4v) is 3.13. The Morgan fingerprint density at radius 3 is 2.15 bits per heavy atom. The van der Waals surface area contributed by atoms with Crippen molar-refractivity contribution in [2.75, 3.05) is 0 Å². The van der Waals surface area contributed by atoms with Crippen molar-refractivity contribution in [3.8, 4) is 22.3 Å². The van der Waals surface area contributed by atoms with Gasteiger partial charge in [-0.05, 0) is 41.7 Å². The van der Waals surface area contributed by atoms with Crippen LogP contribution in [-0.4, -0.2) is 4.98 Å². The molecular formula is C23H22F3N. The molecular weight excluding hydrogens is 347 g/mol. The van der Waals surface area contributed by atoms with E-state index in [1.807, 2.05) is 6.07 Å². The zero-order valence-corrected chi connectivity index (χ0v) is 15.3. The summed E-state index contributed by atoms with van der Waals surface area (Å²) in [5, 5.41) is 0. The molecule has 0 N–H and O–H groups in total. The molecule has 4 heteroatoms. The Hall–Kier alpha value is -2.62. The zero-order valence-electron chi connectivity index (χ0n) is 15.3. The summed E-state index contributed by atoms with van der Waals surface area (Å²) in [5.41, 5.74) is 3.45. The van der Waals surface area contributed by atoms with E-state index in [9.17, 15) is 13.2 Å². The second-order valence-electron chi connectivity index (χ2n) is 6.70. The lowest BCUT2D eigenvalue weighted by Crippen LogP contribution is -1.92. The zero-order chi connectivity index (χ0) is 19.2. The van der Waals surface area contributed by atoms with E-state index in [0.717, 1.165) is 30.0 Å². The third-order valence-corrected chi connectivity index (χ3v) is 4.68. The van der Waals surface area contributed by atoms with Gasteiger partial charge >= 0.3 is 0 Å². The van der Waals surface area contributed by atoms with Crippen molar-refractivity contribution >= 4 is 0 Å². The topological polar surface area (TPSA) is 12.9 Å². The summed E-state index contributed by atoms with van der Waals surface area (Å²) >= 11 is 0. The van der Waals surface area contributed by atoms with Crippen LogP contribution in [-0.2, 0) is 6.42 Å². The molecule has 0 atom stereocenters. The van der Waals surface area contributed by atoms with E-state index in [1.165, 1.54) is 25.5 Å². The average molecular weight is 369 g/mol. The molecule has 140 valence electrons. The van der Waals surface area contributed by atoms with Gasteiger partial charge in [-0.3, -0.25) is 0 Å². The van der Waals surface area contributed by atoms with Crippen molar-refractivity contribution < 1.29 is 13.2 Å².